The van der Waals surface area contributed by atoms with Crippen LogP contribution in [0.15, 0.2) is 16.9 Å². The molecule has 25 heavy (non-hydrogen) atoms. The van der Waals surface area contributed by atoms with Gasteiger partial charge in [0.25, 0.3) is 5.91 Å². The van der Waals surface area contributed by atoms with Crippen molar-refractivity contribution in [3.8, 4) is 0 Å². The molecule has 1 amide bonds. The molecule has 134 valence electrons. The number of hydrogen-bond donors (Lipinski definition) is 0. The molecule has 2 aromatic heterocycles. The van der Waals surface area contributed by atoms with Crippen molar-refractivity contribution in [2.24, 2.45) is 5.92 Å². The van der Waals surface area contributed by atoms with Gasteiger partial charge in [-0.2, -0.15) is 5.10 Å². The van der Waals surface area contributed by atoms with Gasteiger partial charge in [0.1, 0.15) is 11.3 Å². The predicted octanol–water partition coefficient (Wildman–Crippen LogP) is 2.37. The fraction of sp³-hybridized carbons (Fsp3) is 0.611. The SMILES string of the molecule is CCn1ncc2c1C(COCC1CC1)N(C(=O)c1cnoc1C)CC2. The van der Waals surface area contributed by atoms with Crippen molar-refractivity contribution in [3.05, 3.63) is 35.0 Å². The first-order valence-electron chi connectivity index (χ1n) is 9.03. The average Bonchev–Trinajstić information content (AvgIpc) is 3.18. The average molecular weight is 344 g/mol. The molecule has 0 saturated heterocycles. The Balaban J connectivity index is 1.62. The molecule has 1 unspecified atom stereocenters. The highest BCUT2D eigenvalue weighted by molar-refractivity contribution is 5.95. The van der Waals surface area contributed by atoms with Gasteiger partial charge in [-0.1, -0.05) is 5.16 Å². The minimum atomic E-state index is -0.119. The maximum absolute atomic E-state index is 13.1. The Hall–Kier alpha value is -2.15. The molecule has 2 aliphatic rings. The van der Waals surface area contributed by atoms with Crippen LogP contribution >= 0.6 is 0 Å². The van der Waals surface area contributed by atoms with Gasteiger partial charge in [0.05, 0.1) is 30.7 Å². The van der Waals surface area contributed by atoms with E-state index < -0.39 is 0 Å². The summed E-state index contributed by atoms with van der Waals surface area (Å²) >= 11 is 0. The highest BCUT2D eigenvalue weighted by Crippen LogP contribution is 2.33. The normalized spacial score (nSPS) is 19.9. The Morgan fingerprint density at radius 3 is 2.88 bits per heavy atom. The minimum absolute atomic E-state index is 0.0479. The van der Waals surface area contributed by atoms with Gasteiger partial charge in [-0.3, -0.25) is 9.48 Å². The number of fused-ring (bicyclic) bond motifs is 1. The second-order valence-electron chi connectivity index (χ2n) is 6.91. The van der Waals surface area contributed by atoms with E-state index in [-0.39, 0.29) is 11.9 Å². The van der Waals surface area contributed by atoms with Crippen molar-refractivity contribution in [1.29, 1.82) is 0 Å². The number of hydrogen-bond acceptors (Lipinski definition) is 5. The molecule has 0 bridgehead atoms. The number of rotatable bonds is 6. The lowest BCUT2D eigenvalue weighted by Gasteiger charge is -2.36. The van der Waals surface area contributed by atoms with Gasteiger partial charge in [-0.15, -0.1) is 0 Å². The lowest BCUT2D eigenvalue weighted by atomic mass is 9.99. The van der Waals surface area contributed by atoms with E-state index in [0.29, 0.717) is 30.4 Å². The van der Waals surface area contributed by atoms with Crippen LogP contribution in [0.4, 0.5) is 0 Å². The van der Waals surface area contributed by atoms with E-state index in [0.717, 1.165) is 25.3 Å². The summed E-state index contributed by atoms with van der Waals surface area (Å²) in [6.45, 7) is 6.56. The Kier molecular flexibility index (Phi) is 4.33. The highest BCUT2D eigenvalue weighted by atomic mass is 16.5. The molecule has 0 N–H and O–H groups in total. The molecule has 1 fully saturated rings. The molecule has 0 aromatic carbocycles. The number of amides is 1. The van der Waals surface area contributed by atoms with E-state index in [4.69, 9.17) is 9.26 Å². The lowest BCUT2D eigenvalue weighted by molar-refractivity contribution is 0.0344. The van der Waals surface area contributed by atoms with Crippen LogP contribution in [0.25, 0.3) is 0 Å². The monoisotopic (exact) mass is 344 g/mol. The van der Waals surface area contributed by atoms with Crippen molar-refractivity contribution in [2.45, 2.75) is 45.7 Å². The summed E-state index contributed by atoms with van der Waals surface area (Å²) in [5.41, 5.74) is 2.85. The van der Waals surface area contributed by atoms with E-state index >= 15 is 0 Å². The molecule has 1 atom stereocenters. The maximum atomic E-state index is 13.1. The molecule has 2 aromatic rings. The fourth-order valence-corrected chi connectivity index (χ4v) is 3.51. The number of carbonyl (C=O) groups excluding carboxylic acids is 1. The van der Waals surface area contributed by atoms with Crippen LogP contribution in [0.3, 0.4) is 0 Å². The molecule has 4 rings (SSSR count). The maximum Gasteiger partial charge on any atom is 0.259 e. The fourth-order valence-electron chi connectivity index (χ4n) is 3.51. The number of aromatic nitrogens is 3. The zero-order valence-corrected chi connectivity index (χ0v) is 14.8. The Morgan fingerprint density at radius 1 is 1.36 bits per heavy atom. The Labute approximate surface area is 146 Å². The van der Waals surface area contributed by atoms with E-state index in [2.05, 4.69) is 17.2 Å². The molecule has 0 radical (unpaired) electrons. The first kappa shape index (κ1) is 16.3. The van der Waals surface area contributed by atoms with Crippen molar-refractivity contribution in [3.63, 3.8) is 0 Å². The van der Waals surface area contributed by atoms with Gasteiger partial charge >= 0.3 is 0 Å². The van der Waals surface area contributed by atoms with Crippen LogP contribution in [0.1, 0.15) is 53.2 Å². The van der Waals surface area contributed by atoms with E-state index in [1.165, 1.54) is 24.6 Å². The number of ether oxygens (including phenoxy) is 1. The highest BCUT2D eigenvalue weighted by Gasteiger charge is 2.36. The third kappa shape index (κ3) is 3.08. The third-order valence-corrected chi connectivity index (χ3v) is 5.14. The zero-order valence-electron chi connectivity index (χ0n) is 14.8. The quantitative estimate of drug-likeness (QED) is 0.804. The van der Waals surface area contributed by atoms with Crippen molar-refractivity contribution < 1.29 is 14.1 Å². The lowest BCUT2D eigenvalue weighted by Crippen LogP contribution is -2.43. The summed E-state index contributed by atoms with van der Waals surface area (Å²) in [5.74, 6) is 1.20. The smallest absolute Gasteiger partial charge is 0.259 e. The second-order valence-corrected chi connectivity index (χ2v) is 6.91. The van der Waals surface area contributed by atoms with Crippen LogP contribution in [-0.2, 0) is 17.7 Å². The predicted molar refractivity (Wildman–Crippen MR) is 90.2 cm³/mol. The van der Waals surface area contributed by atoms with Crippen molar-refractivity contribution in [1.82, 2.24) is 19.8 Å². The largest absolute Gasteiger partial charge is 0.379 e. The van der Waals surface area contributed by atoms with Crippen LogP contribution in [0.5, 0.6) is 0 Å². The first-order chi connectivity index (χ1) is 12.2. The summed E-state index contributed by atoms with van der Waals surface area (Å²) in [4.78, 5) is 15.0. The van der Waals surface area contributed by atoms with Crippen LogP contribution in [0, 0.1) is 12.8 Å². The van der Waals surface area contributed by atoms with Crippen molar-refractivity contribution in [2.75, 3.05) is 19.8 Å². The molecule has 1 aliphatic heterocycles. The Bertz CT molecular complexity index is 749. The minimum Gasteiger partial charge on any atom is -0.379 e. The van der Waals surface area contributed by atoms with Crippen LogP contribution < -0.4 is 0 Å². The summed E-state index contributed by atoms with van der Waals surface area (Å²) in [6, 6.07) is -0.119. The molecule has 3 heterocycles. The standard InChI is InChI=1S/C18H24N4O3/c1-3-22-17-14(8-19-22)6-7-21(16(17)11-24-10-13-4-5-13)18(23)15-9-20-25-12(15)2/h8-9,13,16H,3-7,10-11H2,1-2H3. The summed E-state index contributed by atoms with van der Waals surface area (Å²) in [6.07, 6.45) is 6.76. The van der Waals surface area contributed by atoms with E-state index in [1.807, 2.05) is 15.8 Å². The van der Waals surface area contributed by atoms with Gasteiger partial charge in [0.15, 0.2) is 0 Å². The van der Waals surface area contributed by atoms with Gasteiger partial charge in [0.2, 0.25) is 0 Å². The Morgan fingerprint density at radius 2 is 2.20 bits per heavy atom. The molecule has 1 aliphatic carbocycles. The number of carbonyl (C=O) groups is 1. The summed E-state index contributed by atoms with van der Waals surface area (Å²) in [5, 5.41) is 8.24. The topological polar surface area (TPSA) is 73.4 Å². The number of nitrogens with zero attached hydrogens (tertiary/aromatic N) is 4. The van der Waals surface area contributed by atoms with Crippen LogP contribution in [-0.4, -0.2) is 45.5 Å². The third-order valence-electron chi connectivity index (χ3n) is 5.14. The molecule has 1 saturated carbocycles. The molecule has 7 nitrogen and oxygen atoms in total. The number of aryl methyl sites for hydroxylation is 2. The molecule has 0 spiro atoms. The summed E-state index contributed by atoms with van der Waals surface area (Å²) in [7, 11) is 0. The van der Waals surface area contributed by atoms with Gasteiger partial charge in [-0.25, -0.2) is 0 Å². The molecular weight excluding hydrogens is 320 g/mol. The zero-order chi connectivity index (χ0) is 17.4. The van der Waals surface area contributed by atoms with Gasteiger partial charge in [-0.05, 0) is 44.6 Å². The van der Waals surface area contributed by atoms with Crippen molar-refractivity contribution >= 4 is 5.91 Å². The van der Waals surface area contributed by atoms with Gasteiger partial charge < -0.3 is 14.2 Å². The van der Waals surface area contributed by atoms with E-state index in [1.54, 1.807) is 6.92 Å². The molecule has 7 heteroatoms. The first-order valence-corrected chi connectivity index (χ1v) is 9.03. The van der Waals surface area contributed by atoms with E-state index in [9.17, 15) is 4.79 Å². The van der Waals surface area contributed by atoms with Gasteiger partial charge in [0, 0.05) is 19.7 Å². The molecular formula is C18H24N4O3. The van der Waals surface area contributed by atoms with Crippen LogP contribution in [0.2, 0.25) is 0 Å². The summed E-state index contributed by atoms with van der Waals surface area (Å²) < 4.78 is 13.0. The second kappa shape index (κ2) is 6.63.